The van der Waals surface area contributed by atoms with E-state index in [0.29, 0.717) is 27.7 Å². The summed E-state index contributed by atoms with van der Waals surface area (Å²) in [6, 6.07) is 9.62. The predicted molar refractivity (Wildman–Crippen MR) is 82.9 cm³/mol. The Kier molecular flexibility index (Phi) is 4.63. The first-order valence-electron chi connectivity index (χ1n) is 5.90. The summed E-state index contributed by atoms with van der Waals surface area (Å²) in [4.78, 5) is 16.2. The van der Waals surface area contributed by atoms with Crippen LogP contribution in [0.15, 0.2) is 30.3 Å². The maximum atomic E-state index is 12.2. The highest BCUT2D eigenvalue weighted by Crippen LogP contribution is 2.22. The highest BCUT2D eigenvalue weighted by atomic mass is 35.5. The van der Waals surface area contributed by atoms with Gasteiger partial charge in [0.15, 0.2) is 0 Å². The van der Waals surface area contributed by atoms with E-state index in [4.69, 9.17) is 28.5 Å². The summed E-state index contributed by atoms with van der Waals surface area (Å²) < 4.78 is 0. The molecule has 2 rings (SSSR count). The fourth-order valence-corrected chi connectivity index (χ4v) is 2.05. The average molecular weight is 321 g/mol. The predicted octanol–water partition coefficient (Wildman–Crippen LogP) is 3.55. The highest BCUT2D eigenvalue weighted by Gasteiger charge is 2.12. The fourth-order valence-electron chi connectivity index (χ4n) is 1.67. The molecule has 0 fully saturated rings. The molecule has 7 heteroatoms. The molecular formula is C14H10Cl2N4O. The van der Waals surface area contributed by atoms with E-state index in [9.17, 15) is 4.79 Å². The Hall–Kier alpha value is -2.29. The molecular weight excluding hydrogens is 311 g/mol. The van der Waals surface area contributed by atoms with Gasteiger partial charge in [0.1, 0.15) is 17.0 Å². The van der Waals surface area contributed by atoms with Crippen LogP contribution in [-0.2, 0) is 0 Å². The molecule has 21 heavy (non-hydrogen) atoms. The minimum absolute atomic E-state index is 0.193. The third-order valence-electron chi connectivity index (χ3n) is 2.66. The summed E-state index contributed by atoms with van der Waals surface area (Å²) in [5, 5.41) is 15.1. The normalized spacial score (nSPS) is 9.81. The molecule has 106 valence electrons. The molecule has 0 aliphatic heterocycles. The number of nitrogens with one attached hydrogen (secondary N) is 2. The van der Waals surface area contributed by atoms with Gasteiger partial charge in [-0.2, -0.15) is 5.26 Å². The lowest BCUT2D eigenvalue weighted by molar-refractivity contribution is 0.102. The number of rotatable bonds is 3. The van der Waals surface area contributed by atoms with Crippen molar-refractivity contribution < 1.29 is 4.79 Å². The lowest BCUT2D eigenvalue weighted by atomic mass is 10.1. The van der Waals surface area contributed by atoms with Crippen LogP contribution < -0.4 is 10.6 Å². The zero-order chi connectivity index (χ0) is 15.4. The molecule has 1 aromatic carbocycles. The quantitative estimate of drug-likeness (QED) is 0.848. The molecule has 0 saturated carbocycles. The van der Waals surface area contributed by atoms with E-state index >= 15 is 0 Å². The summed E-state index contributed by atoms with van der Waals surface area (Å²) in [6.07, 6.45) is 0. The van der Waals surface area contributed by atoms with Crippen molar-refractivity contribution in [2.24, 2.45) is 0 Å². The smallest absolute Gasteiger partial charge is 0.255 e. The highest BCUT2D eigenvalue weighted by molar-refractivity contribution is 6.31. The molecule has 0 spiro atoms. The van der Waals surface area contributed by atoms with Gasteiger partial charge in [-0.3, -0.25) is 4.79 Å². The molecule has 0 bridgehead atoms. The van der Waals surface area contributed by atoms with Gasteiger partial charge >= 0.3 is 0 Å². The zero-order valence-electron chi connectivity index (χ0n) is 10.9. The number of aromatic nitrogens is 1. The Morgan fingerprint density at radius 3 is 2.71 bits per heavy atom. The number of hydrogen-bond donors (Lipinski definition) is 2. The topological polar surface area (TPSA) is 77.8 Å². The number of carbonyl (C=O) groups is 1. The van der Waals surface area contributed by atoms with E-state index in [1.165, 1.54) is 18.2 Å². The third-order valence-corrected chi connectivity index (χ3v) is 3.09. The Balaban J connectivity index is 2.32. The van der Waals surface area contributed by atoms with Gasteiger partial charge in [0.2, 0.25) is 0 Å². The van der Waals surface area contributed by atoms with Gasteiger partial charge in [-0.05, 0) is 30.3 Å². The van der Waals surface area contributed by atoms with E-state index in [2.05, 4.69) is 15.6 Å². The number of pyridine rings is 1. The van der Waals surface area contributed by atoms with Crippen LogP contribution in [0.4, 0.5) is 11.5 Å². The molecule has 0 aliphatic rings. The molecule has 0 aliphatic carbocycles. The maximum absolute atomic E-state index is 12.2. The molecule has 1 heterocycles. The van der Waals surface area contributed by atoms with Gasteiger partial charge in [0.05, 0.1) is 11.3 Å². The first kappa shape index (κ1) is 15.1. The van der Waals surface area contributed by atoms with Gasteiger partial charge in [-0.15, -0.1) is 0 Å². The number of halogens is 2. The van der Waals surface area contributed by atoms with Crippen molar-refractivity contribution in [2.45, 2.75) is 0 Å². The summed E-state index contributed by atoms with van der Waals surface area (Å²) in [6.45, 7) is 0. The van der Waals surface area contributed by atoms with E-state index in [1.807, 2.05) is 6.07 Å². The summed E-state index contributed by atoms with van der Waals surface area (Å²) in [5.74, 6) is 0.0637. The monoisotopic (exact) mass is 320 g/mol. The first-order chi connectivity index (χ1) is 10.0. The second-order valence-corrected chi connectivity index (χ2v) is 4.89. The number of nitrogens with zero attached hydrogens (tertiary/aromatic N) is 2. The van der Waals surface area contributed by atoms with Crippen LogP contribution in [0.2, 0.25) is 10.2 Å². The van der Waals surface area contributed by atoms with Crippen molar-refractivity contribution in [3.05, 3.63) is 51.6 Å². The zero-order valence-corrected chi connectivity index (χ0v) is 12.5. The number of anilines is 2. The van der Waals surface area contributed by atoms with Crippen molar-refractivity contribution in [2.75, 3.05) is 17.7 Å². The van der Waals surface area contributed by atoms with Crippen molar-refractivity contribution in [3.8, 4) is 6.07 Å². The number of carbonyl (C=O) groups excluding carboxylic acids is 1. The van der Waals surface area contributed by atoms with Crippen LogP contribution in [0, 0.1) is 11.3 Å². The van der Waals surface area contributed by atoms with Gasteiger partial charge in [0.25, 0.3) is 5.91 Å². The van der Waals surface area contributed by atoms with E-state index in [1.54, 1.807) is 19.2 Å². The Bertz CT molecular complexity index is 740. The lowest BCUT2D eigenvalue weighted by Gasteiger charge is -2.09. The summed E-state index contributed by atoms with van der Waals surface area (Å²) in [7, 11) is 1.67. The molecule has 1 aromatic heterocycles. The number of benzene rings is 1. The van der Waals surface area contributed by atoms with Crippen molar-refractivity contribution in [1.82, 2.24) is 4.98 Å². The SMILES string of the molecule is CNc1cc(C(=O)Nc2cc(Cl)ccc2C#N)cc(Cl)n1. The van der Waals surface area contributed by atoms with E-state index < -0.39 is 5.91 Å². The molecule has 2 N–H and O–H groups in total. The molecule has 0 saturated heterocycles. The van der Waals surface area contributed by atoms with Gasteiger partial charge in [-0.25, -0.2) is 4.98 Å². The van der Waals surface area contributed by atoms with Gasteiger partial charge < -0.3 is 10.6 Å². The lowest BCUT2D eigenvalue weighted by Crippen LogP contribution is -2.13. The average Bonchev–Trinajstić information content (AvgIpc) is 2.46. The summed E-state index contributed by atoms with van der Waals surface area (Å²) in [5.41, 5.74) is 0.985. The number of nitriles is 1. The van der Waals surface area contributed by atoms with Gasteiger partial charge in [-0.1, -0.05) is 23.2 Å². The Morgan fingerprint density at radius 1 is 1.29 bits per heavy atom. The van der Waals surface area contributed by atoms with E-state index in [0.717, 1.165) is 0 Å². The molecule has 0 unspecified atom stereocenters. The van der Waals surface area contributed by atoms with Gasteiger partial charge in [0, 0.05) is 17.6 Å². The van der Waals surface area contributed by atoms with E-state index in [-0.39, 0.29) is 5.15 Å². The van der Waals surface area contributed by atoms with Crippen LogP contribution in [0.1, 0.15) is 15.9 Å². The molecule has 2 aromatic rings. The van der Waals surface area contributed by atoms with Crippen LogP contribution in [0.3, 0.4) is 0 Å². The van der Waals surface area contributed by atoms with Crippen molar-refractivity contribution in [3.63, 3.8) is 0 Å². The Labute approximate surface area is 131 Å². The minimum Gasteiger partial charge on any atom is -0.373 e. The molecule has 0 radical (unpaired) electrons. The van der Waals surface area contributed by atoms with Crippen LogP contribution in [-0.4, -0.2) is 17.9 Å². The first-order valence-corrected chi connectivity index (χ1v) is 6.65. The third kappa shape index (κ3) is 3.63. The van der Waals surface area contributed by atoms with Crippen LogP contribution in [0.5, 0.6) is 0 Å². The maximum Gasteiger partial charge on any atom is 0.255 e. The second kappa shape index (κ2) is 6.44. The van der Waals surface area contributed by atoms with Crippen molar-refractivity contribution in [1.29, 1.82) is 5.26 Å². The standard InChI is InChI=1S/C14H10Cl2N4O/c1-18-13-5-9(4-12(16)20-13)14(21)19-11-6-10(15)3-2-8(11)7-17/h2-6H,1H3,(H,18,20)(H,19,21). The largest absolute Gasteiger partial charge is 0.373 e. The van der Waals surface area contributed by atoms with Crippen LogP contribution in [0.25, 0.3) is 0 Å². The Morgan fingerprint density at radius 2 is 2.05 bits per heavy atom. The van der Waals surface area contributed by atoms with Crippen molar-refractivity contribution >= 4 is 40.6 Å². The molecule has 5 nitrogen and oxygen atoms in total. The molecule has 0 atom stereocenters. The second-order valence-electron chi connectivity index (χ2n) is 4.07. The number of amides is 1. The summed E-state index contributed by atoms with van der Waals surface area (Å²) >= 11 is 11.7. The molecule has 1 amide bonds. The minimum atomic E-state index is -0.408. The van der Waals surface area contributed by atoms with Crippen LogP contribution >= 0.6 is 23.2 Å². The number of hydrogen-bond acceptors (Lipinski definition) is 4. The fraction of sp³-hybridized carbons (Fsp3) is 0.0714.